The van der Waals surface area contributed by atoms with Crippen LogP contribution in [0.15, 0.2) is 11.1 Å². The fourth-order valence-corrected chi connectivity index (χ4v) is 1.44. The van der Waals surface area contributed by atoms with E-state index in [0.717, 1.165) is 0 Å². The lowest BCUT2D eigenvalue weighted by Crippen LogP contribution is -2.18. The summed E-state index contributed by atoms with van der Waals surface area (Å²) in [6.07, 6.45) is 2.11. The van der Waals surface area contributed by atoms with Gasteiger partial charge in [0.1, 0.15) is 17.4 Å². The van der Waals surface area contributed by atoms with Crippen LogP contribution < -0.4 is 5.73 Å². The molecule has 1 fully saturated rings. The summed E-state index contributed by atoms with van der Waals surface area (Å²) in [6.45, 7) is 0. The summed E-state index contributed by atoms with van der Waals surface area (Å²) in [5, 5.41) is 8.61. The molecule has 0 saturated heterocycles. The second-order valence-corrected chi connectivity index (χ2v) is 3.02. The number of amides is 1. The molecule has 0 aromatic carbocycles. The zero-order chi connectivity index (χ0) is 9.84. The summed E-state index contributed by atoms with van der Waals surface area (Å²) >= 11 is 0. The minimum Gasteiger partial charge on any atom is -0.365 e. The molecule has 0 aliphatic heterocycles. The molecule has 1 saturated carbocycles. The quantitative estimate of drug-likeness (QED) is 0.467. The van der Waals surface area contributed by atoms with E-state index in [-0.39, 0.29) is 17.8 Å². The average Bonchev–Trinajstić information content (AvgIpc) is 2.04. The number of nitrogens with two attached hydrogens (primary N) is 1. The molecule has 1 rings (SSSR count). The van der Waals surface area contributed by atoms with E-state index in [1.165, 1.54) is 0 Å². The number of nitriles is 1. The normalized spacial score (nSPS) is 20.7. The highest BCUT2D eigenvalue weighted by molar-refractivity contribution is 5.98. The Balaban J connectivity index is 2.95. The van der Waals surface area contributed by atoms with Crippen LogP contribution in [0.5, 0.6) is 0 Å². The predicted octanol–water partition coefficient (Wildman–Crippen LogP) is 0.435. The number of rotatable bonds is 1. The lowest BCUT2D eigenvalue weighted by atomic mass is 9.90. The highest BCUT2D eigenvalue weighted by Gasteiger charge is 2.19. The number of allylic oxidation sites excluding steroid dienone is 1. The van der Waals surface area contributed by atoms with Gasteiger partial charge in [-0.25, -0.2) is 0 Å². The summed E-state index contributed by atoms with van der Waals surface area (Å²) in [5.41, 5.74) is 5.56. The molecule has 1 aliphatic rings. The number of primary amides is 1. The van der Waals surface area contributed by atoms with Gasteiger partial charge in [-0.2, -0.15) is 5.26 Å². The van der Waals surface area contributed by atoms with Crippen LogP contribution in [0.1, 0.15) is 25.7 Å². The average molecular weight is 178 g/mol. The number of ketones is 1. The molecular weight excluding hydrogens is 168 g/mol. The van der Waals surface area contributed by atoms with Gasteiger partial charge in [0.2, 0.25) is 0 Å². The minimum absolute atomic E-state index is 0.0342. The molecule has 0 aromatic heterocycles. The summed E-state index contributed by atoms with van der Waals surface area (Å²) in [5.74, 6) is -0.651. The minimum atomic E-state index is -0.729. The van der Waals surface area contributed by atoms with E-state index < -0.39 is 5.91 Å². The molecule has 68 valence electrons. The van der Waals surface area contributed by atoms with E-state index in [2.05, 4.69) is 0 Å². The molecule has 1 aliphatic carbocycles. The highest BCUT2D eigenvalue weighted by atomic mass is 16.1. The van der Waals surface area contributed by atoms with Gasteiger partial charge >= 0.3 is 0 Å². The maximum Gasteiger partial charge on any atom is 0.259 e. The van der Waals surface area contributed by atoms with E-state index in [1.807, 2.05) is 0 Å². The van der Waals surface area contributed by atoms with Gasteiger partial charge in [-0.3, -0.25) is 9.59 Å². The molecule has 0 heterocycles. The van der Waals surface area contributed by atoms with Crippen molar-refractivity contribution in [1.82, 2.24) is 0 Å². The molecule has 13 heavy (non-hydrogen) atoms. The first-order valence-electron chi connectivity index (χ1n) is 4.08. The van der Waals surface area contributed by atoms with E-state index in [9.17, 15) is 9.59 Å². The van der Waals surface area contributed by atoms with Crippen molar-refractivity contribution < 1.29 is 9.59 Å². The fourth-order valence-electron chi connectivity index (χ4n) is 1.44. The largest absolute Gasteiger partial charge is 0.365 e. The zero-order valence-electron chi connectivity index (χ0n) is 7.17. The van der Waals surface area contributed by atoms with Crippen molar-refractivity contribution in [2.24, 2.45) is 5.73 Å². The van der Waals surface area contributed by atoms with Gasteiger partial charge in [0, 0.05) is 12.8 Å². The molecular formula is C9H10N2O2. The third-order valence-electron chi connectivity index (χ3n) is 2.06. The van der Waals surface area contributed by atoms with Crippen molar-refractivity contribution in [2.75, 3.05) is 0 Å². The lowest BCUT2D eigenvalue weighted by Gasteiger charge is -2.13. The number of hydrogen-bond donors (Lipinski definition) is 1. The monoisotopic (exact) mass is 178 g/mol. The smallest absolute Gasteiger partial charge is 0.259 e. The molecule has 0 radical (unpaired) electrons. The van der Waals surface area contributed by atoms with Gasteiger partial charge in [0.25, 0.3) is 5.91 Å². The Morgan fingerprint density at radius 3 is 2.62 bits per heavy atom. The fraction of sp³-hybridized carbons (Fsp3) is 0.444. The standard InChI is InChI=1S/C9H10N2O2/c10-5-8(9(11)13)6-2-1-3-7(12)4-6/h1-4H2,(H2,11,13). The molecule has 4 heteroatoms. The predicted molar refractivity (Wildman–Crippen MR) is 45.3 cm³/mol. The number of nitrogens with zero attached hydrogens (tertiary/aromatic N) is 1. The number of carbonyl (C=O) groups is 2. The summed E-state index contributed by atoms with van der Waals surface area (Å²) in [7, 11) is 0. The second-order valence-electron chi connectivity index (χ2n) is 3.02. The Labute approximate surface area is 76.0 Å². The van der Waals surface area contributed by atoms with Crippen molar-refractivity contribution in [3.8, 4) is 6.07 Å². The Kier molecular flexibility index (Phi) is 2.80. The van der Waals surface area contributed by atoms with Crippen LogP contribution in [0, 0.1) is 11.3 Å². The molecule has 0 spiro atoms. The van der Waals surface area contributed by atoms with Crippen LogP contribution in [0.4, 0.5) is 0 Å². The van der Waals surface area contributed by atoms with Crippen LogP contribution in [-0.4, -0.2) is 11.7 Å². The van der Waals surface area contributed by atoms with Gasteiger partial charge < -0.3 is 5.73 Å². The Morgan fingerprint density at radius 2 is 2.15 bits per heavy atom. The van der Waals surface area contributed by atoms with Crippen molar-refractivity contribution in [1.29, 1.82) is 5.26 Å². The molecule has 4 nitrogen and oxygen atoms in total. The van der Waals surface area contributed by atoms with Crippen LogP contribution >= 0.6 is 0 Å². The SMILES string of the molecule is N#CC(C(N)=O)=C1CCCC(=O)C1. The first-order valence-corrected chi connectivity index (χ1v) is 4.08. The maximum absolute atomic E-state index is 11.0. The van der Waals surface area contributed by atoms with E-state index in [4.69, 9.17) is 11.0 Å². The van der Waals surface area contributed by atoms with Crippen LogP contribution in [-0.2, 0) is 9.59 Å². The van der Waals surface area contributed by atoms with Crippen LogP contribution in [0.3, 0.4) is 0 Å². The van der Waals surface area contributed by atoms with Gasteiger partial charge in [0.05, 0.1) is 0 Å². The van der Waals surface area contributed by atoms with E-state index in [1.54, 1.807) is 6.07 Å². The first-order chi connectivity index (χ1) is 6.15. The second kappa shape index (κ2) is 3.85. The molecule has 1 amide bonds. The number of hydrogen-bond acceptors (Lipinski definition) is 3. The summed E-state index contributed by atoms with van der Waals surface area (Å²) < 4.78 is 0. The summed E-state index contributed by atoms with van der Waals surface area (Å²) in [4.78, 5) is 21.8. The highest BCUT2D eigenvalue weighted by Crippen LogP contribution is 2.23. The number of carbonyl (C=O) groups excluding carboxylic acids is 2. The van der Waals surface area contributed by atoms with Crippen molar-refractivity contribution in [3.63, 3.8) is 0 Å². The van der Waals surface area contributed by atoms with Gasteiger partial charge in [-0.05, 0) is 18.4 Å². The Bertz CT molecular complexity index is 323. The third kappa shape index (κ3) is 2.15. The first kappa shape index (κ1) is 9.46. The number of Topliss-reactive ketones (excluding diaryl/α,β-unsaturated/α-hetero) is 1. The maximum atomic E-state index is 11.0. The topological polar surface area (TPSA) is 83.9 Å². The zero-order valence-corrected chi connectivity index (χ0v) is 7.17. The van der Waals surface area contributed by atoms with Gasteiger partial charge in [-0.15, -0.1) is 0 Å². The molecule has 0 aromatic rings. The van der Waals surface area contributed by atoms with Crippen molar-refractivity contribution in [2.45, 2.75) is 25.7 Å². The summed E-state index contributed by atoms with van der Waals surface area (Å²) in [6, 6.07) is 1.74. The van der Waals surface area contributed by atoms with Crippen molar-refractivity contribution >= 4 is 11.7 Å². The van der Waals surface area contributed by atoms with Crippen LogP contribution in [0.2, 0.25) is 0 Å². The Morgan fingerprint density at radius 1 is 1.46 bits per heavy atom. The Hall–Kier alpha value is -1.63. The van der Waals surface area contributed by atoms with Crippen LogP contribution in [0.25, 0.3) is 0 Å². The van der Waals surface area contributed by atoms with Crippen molar-refractivity contribution in [3.05, 3.63) is 11.1 Å². The van der Waals surface area contributed by atoms with Gasteiger partial charge in [0.15, 0.2) is 0 Å². The molecule has 0 atom stereocenters. The van der Waals surface area contributed by atoms with Gasteiger partial charge in [-0.1, -0.05) is 0 Å². The lowest BCUT2D eigenvalue weighted by molar-refractivity contribution is -0.119. The molecule has 0 bridgehead atoms. The third-order valence-corrected chi connectivity index (χ3v) is 2.06. The van der Waals surface area contributed by atoms with E-state index >= 15 is 0 Å². The molecule has 0 unspecified atom stereocenters. The van der Waals surface area contributed by atoms with E-state index in [0.29, 0.717) is 24.8 Å². The molecule has 2 N–H and O–H groups in total.